The summed E-state index contributed by atoms with van der Waals surface area (Å²) in [6.45, 7) is 6.68. The van der Waals surface area contributed by atoms with E-state index in [1.807, 2.05) is 0 Å². The van der Waals surface area contributed by atoms with Crippen molar-refractivity contribution in [3.8, 4) is 0 Å². The van der Waals surface area contributed by atoms with Crippen LogP contribution in [0.25, 0.3) is 0 Å². The monoisotopic (exact) mass is 296 g/mol. The molecule has 0 radical (unpaired) electrons. The van der Waals surface area contributed by atoms with Crippen LogP contribution in [0.3, 0.4) is 0 Å². The topological polar surface area (TPSA) is 29.3 Å². The van der Waals surface area contributed by atoms with E-state index in [0.29, 0.717) is 18.0 Å². The molecule has 1 aliphatic rings. The van der Waals surface area contributed by atoms with Gasteiger partial charge in [0.15, 0.2) is 0 Å². The molecule has 2 nitrogen and oxygen atoms in total. The average Bonchev–Trinajstić information content (AvgIpc) is 2.32. The van der Waals surface area contributed by atoms with Crippen molar-refractivity contribution in [1.82, 2.24) is 4.90 Å². The fraction of sp³-hybridized carbons (Fsp3) is 0.571. The largest absolute Gasteiger partial charge is 0.326 e. The van der Waals surface area contributed by atoms with Gasteiger partial charge < -0.3 is 5.73 Å². The number of hydrogen-bond donors (Lipinski definition) is 1. The lowest BCUT2D eigenvalue weighted by Gasteiger charge is -2.39. The molecule has 1 aliphatic heterocycles. The minimum Gasteiger partial charge on any atom is -0.326 e. The molecule has 0 amide bonds. The number of hydrogen-bond acceptors (Lipinski definition) is 2. The third kappa shape index (κ3) is 2.90. The zero-order valence-electron chi connectivity index (χ0n) is 10.6. The Morgan fingerprint density at radius 2 is 2.12 bits per heavy atom. The summed E-state index contributed by atoms with van der Waals surface area (Å²) in [4.78, 5) is 2.49. The molecule has 3 heteroatoms. The number of halogens is 1. The van der Waals surface area contributed by atoms with Crippen LogP contribution in [0, 0.1) is 5.92 Å². The summed E-state index contributed by atoms with van der Waals surface area (Å²) < 4.78 is 1.19. The molecule has 2 rings (SSSR count). The van der Waals surface area contributed by atoms with Crippen molar-refractivity contribution in [2.45, 2.75) is 32.4 Å². The fourth-order valence-corrected chi connectivity index (χ4v) is 3.10. The van der Waals surface area contributed by atoms with Crippen molar-refractivity contribution in [3.63, 3.8) is 0 Å². The summed E-state index contributed by atoms with van der Waals surface area (Å²) in [6.07, 6.45) is 1.20. The molecule has 0 bridgehead atoms. The number of benzene rings is 1. The molecular weight excluding hydrogens is 276 g/mol. The first-order valence-corrected chi connectivity index (χ1v) is 7.13. The molecule has 1 aromatic carbocycles. The first-order chi connectivity index (χ1) is 8.09. The zero-order chi connectivity index (χ0) is 12.4. The van der Waals surface area contributed by atoms with Gasteiger partial charge in [0.25, 0.3) is 0 Å². The highest BCUT2D eigenvalue weighted by molar-refractivity contribution is 9.10. The summed E-state index contributed by atoms with van der Waals surface area (Å²) in [7, 11) is 0. The Hall–Kier alpha value is -0.380. The second kappa shape index (κ2) is 5.51. The van der Waals surface area contributed by atoms with Crippen LogP contribution in [0.1, 0.15) is 31.9 Å². The molecule has 0 saturated carbocycles. The quantitative estimate of drug-likeness (QED) is 0.908. The van der Waals surface area contributed by atoms with Crippen molar-refractivity contribution in [1.29, 1.82) is 0 Å². The molecule has 1 saturated heterocycles. The lowest BCUT2D eigenvalue weighted by atomic mass is 9.92. The molecule has 0 aliphatic carbocycles. The number of nitrogens with two attached hydrogens (primary N) is 1. The maximum absolute atomic E-state index is 6.17. The highest BCUT2D eigenvalue weighted by atomic mass is 79.9. The molecule has 0 spiro atoms. The molecular formula is C14H21BrN2. The number of rotatable bonds is 2. The van der Waals surface area contributed by atoms with Crippen molar-refractivity contribution in [3.05, 3.63) is 34.3 Å². The highest BCUT2D eigenvalue weighted by Crippen LogP contribution is 2.30. The van der Waals surface area contributed by atoms with Crippen LogP contribution in [0.5, 0.6) is 0 Å². The van der Waals surface area contributed by atoms with Crippen molar-refractivity contribution in [2.24, 2.45) is 11.7 Å². The van der Waals surface area contributed by atoms with E-state index in [0.717, 1.165) is 13.1 Å². The Bertz CT molecular complexity index is 380. The molecule has 1 aromatic rings. The number of nitrogens with zero attached hydrogens (tertiary/aromatic N) is 1. The van der Waals surface area contributed by atoms with E-state index in [9.17, 15) is 0 Å². The Labute approximate surface area is 112 Å². The lowest BCUT2D eigenvalue weighted by Crippen LogP contribution is -2.48. The van der Waals surface area contributed by atoms with Crippen LogP contribution in [0.2, 0.25) is 0 Å². The van der Waals surface area contributed by atoms with Gasteiger partial charge in [-0.15, -0.1) is 0 Å². The van der Waals surface area contributed by atoms with Crippen LogP contribution < -0.4 is 5.73 Å². The van der Waals surface area contributed by atoms with Crippen LogP contribution >= 0.6 is 15.9 Å². The Balaban J connectivity index is 2.10. The van der Waals surface area contributed by atoms with E-state index >= 15 is 0 Å². The molecule has 2 N–H and O–H groups in total. The van der Waals surface area contributed by atoms with Crippen molar-refractivity contribution < 1.29 is 0 Å². The maximum Gasteiger partial charge on any atom is 0.0331 e. The van der Waals surface area contributed by atoms with E-state index in [1.165, 1.54) is 16.5 Å². The summed E-state index contributed by atoms with van der Waals surface area (Å²) in [5, 5.41) is 0. The predicted octanol–water partition coefficient (Wildman–Crippen LogP) is 3.18. The van der Waals surface area contributed by atoms with Gasteiger partial charge in [-0.1, -0.05) is 41.1 Å². The Kier molecular flexibility index (Phi) is 4.23. The molecule has 17 heavy (non-hydrogen) atoms. The van der Waals surface area contributed by atoms with Crippen LogP contribution in [-0.2, 0) is 0 Å². The molecule has 0 aromatic heterocycles. The molecule has 1 heterocycles. The minimum absolute atomic E-state index is 0.314. The van der Waals surface area contributed by atoms with Gasteiger partial charge in [-0.2, -0.15) is 0 Å². The lowest BCUT2D eigenvalue weighted by molar-refractivity contribution is 0.128. The van der Waals surface area contributed by atoms with Gasteiger partial charge >= 0.3 is 0 Å². The summed E-state index contributed by atoms with van der Waals surface area (Å²) >= 11 is 3.63. The summed E-state index contributed by atoms with van der Waals surface area (Å²) in [5.74, 6) is 0.651. The first kappa shape index (κ1) is 13.1. The highest BCUT2D eigenvalue weighted by Gasteiger charge is 2.27. The van der Waals surface area contributed by atoms with E-state index in [4.69, 9.17) is 5.73 Å². The standard InChI is InChI=1S/C14H21BrN2/c1-10-7-8-17(9-14(10)16)11(2)12-5-3-4-6-13(12)15/h3-6,10-11,14H,7-9,16H2,1-2H3. The van der Waals surface area contributed by atoms with Crippen LogP contribution in [0.4, 0.5) is 0 Å². The molecule has 3 unspecified atom stereocenters. The SMILES string of the molecule is CC1CCN(C(C)c2ccccc2Br)CC1N. The smallest absolute Gasteiger partial charge is 0.0331 e. The summed E-state index contributed by atoms with van der Waals surface area (Å²) in [5.41, 5.74) is 7.52. The van der Waals surface area contributed by atoms with Crippen molar-refractivity contribution in [2.75, 3.05) is 13.1 Å². The average molecular weight is 297 g/mol. The molecule has 94 valence electrons. The molecule has 3 atom stereocenters. The van der Waals surface area contributed by atoms with E-state index in [2.05, 4.69) is 58.9 Å². The predicted molar refractivity (Wildman–Crippen MR) is 75.9 cm³/mol. The Morgan fingerprint density at radius 3 is 2.76 bits per heavy atom. The Morgan fingerprint density at radius 1 is 1.41 bits per heavy atom. The van der Waals surface area contributed by atoms with Gasteiger partial charge in [0.2, 0.25) is 0 Å². The zero-order valence-corrected chi connectivity index (χ0v) is 12.2. The number of piperidine rings is 1. The van der Waals surface area contributed by atoms with Gasteiger partial charge in [-0.3, -0.25) is 4.90 Å². The van der Waals surface area contributed by atoms with E-state index in [-0.39, 0.29) is 0 Å². The third-order valence-corrected chi connectivity index (χ3v) is 4.67. The van der Waals surface area contributed by atoms with Crippen LogP contribution in [0.15, 0.2) is 28.7 Å². The second-order valence-corrected chi connectivity index (χ2v) is 5.98. The van der Waals surface area contributed by atoms with Gasteiger partial charge in [0, 0.05) is 23.1 Å². The van der Waals surface area contributed by atoms with Crippen molar-refractivity contribution >= 4 is 15.9 Å². The molecule has 1 fully saturated rings. The van der Waals surface area contributed by atoms with Gasteiger partial charge in [-0.25, -0.2) is 0 Å². The first-order valence-electron chi connectivity index (χ1n) is 6.33. The van der Waals surface area contributed by atoms with E-state index < -0.39 is 0 Å². The third-order valence-electron chi connectivity index (χ3n) is 3.95. The van der Waals surface area contributed by atoms with Gasteiger partial charge in [0.05, 0.1) is 0 Å². The van der Waals surface area contributed by atoms with Gasteiger partial charge in [0.1, 0.15) is 0 Å². The minimum atomic E-state index is 0.314. The van der Waals surface area contributed by atoms with E-state index in [1.54, 1.807) is 0 Å². The summed E-state index contributed by atoms with van der Waals surface area (Å²) in [6, 6.07) is 9.21. The number of likely N-dealkylation sites (tertiary alicyclic amines) is 1. The second-order valence-electron chi connectivity index (χ2n) is 5.12. The normalized spacial score (nSPS) is 28.0. The van der Waals surface area contributed by atoms with Gasteiger partial charge in [-0.05, 0) is 37.4 Å². The fourth-order valence-electron chi connectivity index (χ4n) is 2.49. The van der Waals surface area contributed by atoms with Crippen LogP contribution in [-0.4, -0.2) is 24.0 Å². The maximum atomic E-state index is 6.17.